The molecule has 1 heterocycles. The second-order valence-corrected chi connectivity index (χ2v) is 6.05. The minimum absolute atomic E-state index is 0.722. The van der Waals surface area contributed by atoms with Crippen molar-refractivity contribution < 1.29 is 4.74 Å². The Kier molecular flexibility index (Phi) is 6.51. The summed E-state index contributed by atoms with van der Waals surface area (Å²) in [6.07, 6.45) is 1.17. The fourth-order valence-corrected chi connectivity index (χ4v) is 2.63. The van der Waals surface area contributed by atoms with Crippen molar-refractivity contribution in [3.63, 3.8) is 0 Å². The minimum atomic E-state index is 0.722. The third kappa shape index (κ3) is 5.61. The molecule has 1 saturated heterocycles. The molecule has 3 heteroatoms. The summed E-state index contributed by atoms with van der Waals surface area (Å²) < 4.78 is 5.36. The van der Waals surface area contributed by atoms with Crippen LogP contribution in [0.3, 0.4) is 0 Å². The van der Waals surface area contributed by atoms with Crippen LogP contribution in [0, 0.1) is 5.92 Å². The molecule has 0 radical (unpaired) electrons. The molecule has 0 bridgehead atoms. The van der Waals surface area contributed by atoms with Gasteiger partial charge in [0.2, 0.25) is 0 Å². The highest BCUT2D eigenvalue weighted by Gasteiger charge is 2.08. The van der Waals surface area contributed by atoms with Crippen molar-refractivity contribution in [1.82, 2.24) is 10.2 Å². The molecule has 1 aromatic carbocycles. The molecule has 0 amide bonds. The van der Waals surface area contributed by atoms with Crippen LogP contribution in [0.2, 0.25) is 0 Å². The van der Waals surface area contributed by atoms with E-state index >= 15 is 0 Å². The molecule has 0 atom stereocenters. The summed E-state index contributed by atoms with van der Waals surface area (Å²) >= 11 is 0. The van der Waals surface area contributed by atoms with Crippen LogP contribution in [0.4, 0.5) is 0 Å². The molecule has 112 valence electrons. The number of morpholine rings is 1. The maximum Gasteiger partial charge on any atom is 0.0594 e. The second kappa shape index (κ2) is 8.40. The predicted molar refractivity (Wildman–Crippen MR) is 83.9 cm³/mol. The van der Waals surface area contributed by atoms with Gasteiger partial charge in [0.05, 0.1) is 13.2 Å². The summed E-state index contributed by atoms with van der Waals surface area (Å²) in [6.45, 7) is 11.6. The fourth-order valence-electron chi connectivity index (χ4n) is 2.63. The highest BCUT2D eigenvalue weighted by atomic mass is 16.5. The smallest absolute Gasteiger partial charge is 0.0594 e. The Hall–Kier alpha value is -0.900. The zero-order valence-corrected chi connectivity index (χ0v) is 12.9. The maximum atomic E-state index is 5.36. The molecular weight excluding hydrogens is 248 g/mol. The highest BCUT2D eigenvalue weighted by molar-refractivity contribution is 5.23. The summed E-state index contributed by atoms with van der Waals surface area (Å²) in [6, 6.07) is 8.96. The Labute approximate surface area is 123 Å². The maximum absolute atomic E-state index is 5.36. The number of nitrogens with zero attached hydrogens (tertiary/aromatic N) is 1. The quantitative estimate of drug-likeness (QED) is 0.774. The lowest BCUT2D eigenvalue weighted by Crippen LogP contribution is -2.40. The Morgan fingerprint density at radius 3 is 2.70 bits per heavy atom. The van der Waals surface area contributed by atoms with Crippen LogP contribution < -0.4 is 5.32 Å². The van der Waals surface area contributed by atoms with E-state index in [2.05, 4.69) is 48.3 Å². The average Bonchev–Trinajstić information content (AvgIpc) is 2.44. The van der Waals surface area contributed by atoms with Crippen LogP contribution in [0.5, 0.6) is 0 Å². The first kappa shape index (κ1) is 15.5. The third-order valence-electron chi connectivity index (χ3n) is 3.67. The molecule has 0 aliphatic carbocycles. The molecule has 2 rings (SSSR count). The van der Waals surface area contributed by atoms with E-state index in [0.29, 0.717) is 0 Å². The van der Waals surface area contributed by atoms with Gasteiger partial charge >= 0.3 is 0 Å². The predicted octanol–water partition coefficient (Wildman–Crippen LogP) is 2.31. The second-order valence-electron chi connectivity index (χ2n) is 6.05. The van der Waals surface area contributed by atoms with E-state index in [0.717, 1.165) is 51.9 Å². The van der Waals surface area contributed by atoms with Gasteiger partial charge in [-0.25, -0.2) is 0 Å². The number of benzene rings is 1. The Morgan fingerprint density at radius 2 is 1.95 bits per heavy atom. The molecule has 1 fully saturated rings. The summed E-state index contributed by atoms with van der Waals surface area (Å²) in [5.41, 5.74) is 2.85. The van der Waals surface area contributed by atoms with Crippen molar-refractivity contribution in [3.8, 4) is 0 Å². The molecule has 0 spiro atoms. The van der Waals surface area contributed by atoms with Gasteiger partial charge in [0.1, 0.15) is 0 Å². The van der Waals surface area contributed by atoms with Gasteiger partial charge < -0.3 is 10.1 Å². The van der Waals surface area contributed by atoms with Crippen LogP contribution >= 0.6 is 0 Å². The zero-order chi connectivity index (χ0) is 14.2. The standard InChI is InChI=1S/C17H28N2O/c1-15(2)12-16-4-3-5-17(13-16)14-18-6-7-19-8-10-20-11-9-19/h3-5,13,15,18H,6-12,14H2,1-2H3. The lowest BCUT2D eigenvalue weighted by Gasteiger charge is -2.26. The van der Waals surface area contributed by atoms with Crippen molar-refractivity contribution >= 4 is 0 Å². The van der Waals surface area contributed by atoms with Crippen LogP contribution in [0.1, 0.15) is 25.0 Å². The Bertz CT molecular complexity index is 386. The first-order valence-electron chi connectivity index (χ1n) is 7.82. The van der Waals surface area contributed by atoms with Crippen LogP contribution in [-0.4, -0.2) is 44.3 Å². The number of nitrogens with one attached hydrogen (secondary N) is 1. The Morgan fingerprint density at radius 1 is 1.20 bits per heavy atom. The van der Waals surface area contributed by atoms with Crippen molar-refractivity contribution in [2.45, 2.75) is 26.8 Å². The normalized spacial score (nSPS) is 16.8. The SMILES string of the molecule is CC(C)Cc1cccc(CNCCN2CCOCC2)c1. The van der Waals surface area contributed by atoms with Gasteiger partial charge in [-0.05, 0) is 23.5 Å². The molecule has 0 saturated carbocycles. The van der Waals surface area contributed by atoms with E-state index in [4.69, 9.17) is 4.74 Å². The molecule has 20 heavy (non-hydrogen) atoms. The zero-order valence-electron chi connectivity index (χ0n) is 12.9. The van der Waals surface area contributed by atoms with Gasteiger partial charge in [0.25, 0.3) is 0 Å². The summed E-state index contributed by atoms with van der Waals surface area (Å²) in [4.78, 5) is 2.46. The topological polar surface area (TPSA) is 24.5 Å². The molecule has 0 aromatic heterocycles. The monoisotopic (exact) mass is 276 g/mol. The Balaban J connectivity index is 1.68. The molecule has 0 unspecified atom stereocenters. The highest BCUT2D eigenvalue weighted by Crippen LogP contribution is 2.10. The van der Waals surface area contributed by atoms with Crippen LogP contribution in [0.15, 0.2) is 24.3 Å². The van der Waals surface area contributed by atoms with E-state index in [1.807, 2.05) is 0 Å². The molecule has 1 N–H and O–H groups in total. The fraction of sp³-hybridized carbons (Fsp3) is 0.647. The van der Waals surface area contributed by atoms with E-state index in [1.165, 1.54) is 17.5 Å². The van der Waals surface area contributed by atoms with Crippen LogP contribution in [-0.2, 0) is 17.7 Å². The van der Waals surface area contributed by atoms with Gasteiger partial charge in [-0.15, -0.1) is 0 Å². The number of ether oxygens (including phenoxy) is 1. The number of rotatable bonds is 7. The van der Waals surface area contributed by atoms with Crippen molar-refractivity contribution in [1.29, 1.82) is 0 Å². The van der Waals surface area contributed by atoms with Gasteiger partial charge in [-0.2, -0.15) is 0 Å². The number of hydrogen-bond donors (Lipinski definition) is 1. The third-order valence-corrected chi connectivity index (χ3v) is 3.67. The van der Waals surface area contributed by atoms with Gasteiger partial charge in [0.15, 0.2) is 0 Å². The molecule has 1 aliphatic rings. The average molecular weight is 276 g/mol. The van der Waals surface area contributed by atoms with E-state index in [1.54, 1.807) is 0 Å². The lowest BCUT2D eigenvalue weighted by atomic mass is 10.0. The van der Waals surface area contributed by atoms with Gasteiger partial charge in [0, 0.05) is 32.7 Å². The van der Waals surface area contributed by atoms with Crippen molar-refractivity contribution in [2.75, 3.05) is 39.4 Å². The van der Waals surface area contributed by atoms with Crippen molar-refractivity contribution in [3.05, 3.63) is 35.4 Å². The molecule has 3 nitrogen and oxygen atoms in total. The molecule has 1 aliphatic heterocycles. The summed E-state index contributed by atoms with van der Waals surface area (Å²) in [5, 5.41) is 3.55. The molecular formula is C17H28N2O. The lowest BCUT2D eigenvalue weighted by molar-refractivity contribution is 0.0384. The first-order chi connectivity index (χ1) is 9.74. The van der Waals surface area contributed by atoms with E-state index in [-0.39, 0.29) is 0 Å². The molecule has 1 aromatic rings. The van der Waals surface area contributed by atoms with Crippen LogP contribution in [0.25, 0.3) is 0 Å². The van der Waals surface area contributed by atoms with E-state index in [9.17, 15) is 0 Å². The van der Waals surface area contributed by atoms with Crippen molar-refractivity contribution in [2.24, 2.45) is 5.92 Å². The summed E-state index contributed by atoms with van der Waals surface area (Å²) in [7, 11) is 0. The minimum Gasteiger partial charge on any atom is -0.379 e. The van der Waals surface area contributed by atoms with E-state index < -0.39 is 0 Å². The van der Waals surface area contributed by atoms with Gasteiger partial charge in [-0.1, -0.05) is 38.1 Å². The number of hydrogen-bond acceptors (Lipinski definition) is 3. The largest absolute Gasteiger partial charge is 0.379 e. The summed E-state index contributed by atoms with van der Waals surface area (Å²) in [5.74, 6) is 0.722. The van der Waals surface area contributed by atoms with Gasteiger partial charge in [-0.3, -0.25) is 4.90 Å². The first-order valence-corrected chi connectivity index (χ1v) is 7.82.